The minimum absolute atomic E-state index is 0.147. The predicted molar refractivity (Wildman–Crippen MR) is 52.6 cm³/mol. The van der Waals surface area contributed by atoms with Gasteiger partial charge in [0, 0.05) is 6.04 Å². The Morgan fingerprint density at radius 3 is 2.77 bits per heavy atom. The van der Waals surface area contributed by atoms with Crippen LogP contribution in [0.3, 0.4) is 0 Å². The molecule has 13 heavy (non-hydrogen) atoms. The first-order valence-electron chi connectivity index (χ1n) is 5.29. The fourth-order valence-corrected chi connectivity index (χ4v) is 1.86. The predicted octanol–water partition coefficient (Wildman–Crippen LogP) is 0.650. The SMILES string of the molecule is CC(O)CCCN[C@@H]1CCC[C@H]1O. The largest absolute Gasteiger partial charge is 0.393 e. The summed E-state index contributed by atoms with van der Waals surface area (Å²) in [5.74, 6) is 0. The molecule has 3 atom stereocenters. The molecule has 1 unspecified atom stereocenters. The van der Waals surface area contributed by atoms with Crippen LogP contribution < -0.4 is 5.32 Å². The molecule has 78 valence electrons. The Balaban J connectivity index is 1.99. The standard InChI is InChI=1S/C10H21NO2/c1-8(12)4-3-7-11-9-5-2-6-10(9)13/h8-13H,2-7H2,1H3/t8?,9-,10-/m1/s1. The molecule has 0 aromatic carbocycles. The molecular formula is C10H21NO2. The minimum Gasteiger partial charge on any atom is -0.393 e. The van der Waals surface area contributed by atoms with Crippen LogP contribution in [0.1, 0.15) is 39.0 Å². The van der Waals surface area contributed by atoms with E-state index in [-0.39, 0.29) is 12.2 Å². The van der Waals surface area contributed by atoms with Crippen molar-refractivity contribution in [2.24, 2.45) is 0 Å². The summed E-state index contributed by atoms with van der Waals surface area (Å²) < 4.78 is 0. The molecule has 0 spiro atoms. The molecule has 0 aromatic heterocycles. The highest BCUT2D eigenvalue weighted by molar-refractivity contribution is 4.82. The van der Waals surface area contributed by atoms with Gasteiger partial charge in [0.1, 0.15) is 0 Å². The molecule has 0 amide bonds. The van der Waals surface area contributed by atoms with Crippen LogP contribution in [-0.4, -0.2) is 35.0 Å². The molecule has 0 saturated heterocycles. The van der Waals surface area contributed by atoms with Crippen molar-refractivity contribution >= 4 is 0 Å². The molecule has 3 nitrogen and oxygen atoms in total. The highest BCUT2D eigenvalue weighted by Gasteiger charge is 2.23. The van der Waals surface area contributed by atoms with Crippen molar-refractivity contribution in [3.05, 3.63) is 0 Å². The van der Waals surface area contributed by atoms with Gasteiger partial charge in [-0.25, -0.2) is 0 Å². The monoisotopic (exact) mass is 187 g/mol. The number of aliphatic hydroxyl groups excluding tert-OH is 2. The zero-order valence-corrected chi connectivity index (χ0v) is 8.37. The molecule has 3 N–H and O–H groups in total. The Morgan fingerprint density at radius 2 is 2.23 bits per heavy atom. The lowest BCUT2D eigenvalue weighted by Gasteiger charge is -2.16. The van der Waals surface area contributed by atoms with Gasteiger partial charge in [-0.1, -0.05) is 0 Å². The van der Waals surface area contributed by atoms with E-state index in [0.29, 0.717) is 6.04 Å². The lowest BCUT2D eigenvalue weighted by molar-refractivity contribution is 0.146. The summed E-state index contributed by atoms with van der Waals surface area (Å²) in [6.07, 6.45) is 4.65. The molecule has 1 saturated carbocycles. The molecule has 1 rings (SSSR count). The second kappa shape index (κ2) is 5.58. The van der Waals surface area contributed by atoms with Crippen LogP contribution in [0.5, 0.6) is 0 Å². The summed E-state index contributed by atoms with van der Waals surface area (Å²) in [6.45, 7) is 2.72. The average Bonchev–Trinajstić information content (AvgIpc) is 2.45. The van der Waals surface area contributed by atoms with Crippen LogP contribution in [0.25, 0.3) is 0 Å². The first-order valence-corrected chi connectivity index (χ1v) is 5.29. The van der Waals surface area contributed by atoms with E-state index in [1.54, 1.807) is 0 Å². The maximum absolute atomic E-state index is 9.49. The van der Waals surface area contributed by atoms with Crippen LogP contribution in [0.4, 0.5) is 0 Å². The van der Waals surface area contributed by atoms with Crippen molar-refractivity contribution in [3.63, 3.8) is 0 Å². The molecule has 3 heteroatoms. The number of rotatable bonds is 5. The summed E-state index contributed by atoms with van der Waals surface area (Å²) in [6, 6.07) is 0.300. The van der Waals surface area contributed by atoms with E-state index in [0.717, 1.165) is 38.6 Å². The summed E-state index contributed by atoms with van der Waals surface area (Å²) in [7, 11) is 0. The molecule has 1 fully saturated rings. The zero-order valence-electron chi connectivity index (χ0n) is 8.37. The Morgan fingerprint density at radius 1 is 1.46 bits per heavy atom. The van der Waals surface area contributed by atoms with Crippen LogP contribution in [0.2, 0.25) is 0 Å². The van der Waals surface area contributed by atoms with E-state index in [4.69, 9.17) is 5.11 Å². The zero-order chi connectivity index (χ0) is 9.68. The molecule has 0 bridgehead atoms. The molecular weight excluding hydrogens is 166 g/mol. The Labute approximate surface area is 80.2 Å². The minimum atomic E-state index is -0.199. The van der Waals surface area contributed by atoms with Gasteiger partial charge in [-0.3, -0.25) is 0 Å². The van der Waals surface area contributed by atoms with E-state index in [2.05, 4.69) is 5.32 Å². The summed E-state index contributed by atoms with van der Waals surface area (Å²) >= 11 is 0. The van der Waals surface area contributed by atoms with Crippen molar-refractivity contribution in [2.45, 2.75) is 57.3 Å². The number of hydrogen-bond acceptors (Lipinski definition) is 3. The van der Waals surface area contributed by atoms with Gasteiger partial charge in [-0.2, -0.15) is 0 Å². The Kier molecular flexibility index (Phi) is 4.70. The fraction of sp³-hybridized carbons (Fsp3) is 1.00. The first kappa shape index (κ1) is 11.0. The van der Waals surface area contributed by atoms with Gasteiger partial charge in [0.2, 0.25) is 0 Å². The molecule has 1 aliphatic carbocycles. The average molecular weight is 187 g/mol. The van der Waals surface area contributed by atoms with E-state index in [1.165, 1.54) is 0 Å². The van der Waals surface area contributed by atoms with Crippen molar-refractivity contribution in [1.82, 2.24) is 5.32 Å². The molecule has 0 radical (unpaired) electrons. The van der Waals surface area contributed by atoms with Gasteiger partial charge in [0.25, 0.3) is 0 Å². The number of hydrogen-bond donors (Lipinski definition) is 3. The summed E-state index contributed by atoms with van der Waals surface area (Å²) in [4.78, 5) is 0. The highest BCUT2D eigenvalue weighted by atomic mass is 16.3. The molecule has 0 aromatic rings. The van der Waals surface area contributed by atoms with Crippen molar-refractivity contribution < 1.29 is 10.2 Å². The number of aliphatic hydroxyl groups is 2. The summed E-state index contributed by atoms with van der Waals surface area (Å²) in [5.41, 5.74) is 0. The van der Waals surface area contributed by atoms with Gasteiger partial charge in [0.15, 0.2) is 0 Å². The summed E-state index contributed by atoms with van der Waals surface area (Å²) in [5, 5.41) is 21.8. The first-order chi connectivity index (χ1) is 6.20. The van der Waals surface area contributed by atoms with Gasteiger partial charge in [0.05, 0.1) is 12.2 Å². The number of nitrogens with one attached hydrogen (secondary N) is 1. The van der Waals surface area contributed by atoms with E-state index >= 15 is 0 Å². The molecule has 0 aliphatic heterocycles. The van der Waals surface area contributed by atoms with Gasteiger partial charge in [-0.05, 0) is 45.6 Å². The van der Waals surface area contributed by atoms with Gasteiger partial charge >= 0.3 is 0 Å². The third-order valence-electron chi connectivity index (χ3n) is 2.68. The topological polar surface area (TPSA) is 52.5 Å². The van der Waals surface area contributed by atoms with Crippen LogP contribution in [0, 0.1) is 0 Å². The van der Waals surface area contributed by atoms with Crippen LogP contribution >= 0.6 is 0 Å². The van der Waals surface area contributed by atoms with Crippen molar-refractivity contribution in [2.75, 3.05) is 6.54 Å². The highest BCUT2D eigenvalue weighted by Crippen LogP contribution is 2.18. The third-order valence-corrected chi connectivity index (χ3v) is 2.68. The maximum Gasteiger partial charge on any atom is 0.0693 e. The lowest BCUT2D eigenvalue weighted by atomic mass is 10.2. The quantitative estimate of drug-likeness (QED) is 0.554. The maximum atomic E-state index is 9.49. The second-order valence-electron chi connectivity index (χ2n) is 4.05. The Bertz CT molecular complexity index is 139. The van der Waals surface area contributed by atoms with E-state index in [1.807, 2.05) is 6.92 Å². The second-order valence-corrected chi connectivity index (χ2v) is 4.05. The normalized spacial score (nSPS) is 30.7. The van der Waals surface area contributed by atoms with Crippen LogP contribution in [0.15, 0.2) is 0 Å². The van der Waals surface area contributed by atoms with Gasteiger partial charge in [-0.15, -0.1) is 0 Å². The molecule has 1 aliphatic rings. The van der Waals surface area contributed by atoms with Crippen LogP contribution in [-0.2, 0) is 0 Å². The molecule has 0 heterocycles. The van der Waals surface area contributed by atoms with E-state index in [9.17, 15) is 5.11 Å². The van der Waals surface area contributed by atoms with E-state index < -0.39 is 0 Å². The van der Waals surface area contributed by atoms with Gasteiger partial charge < -0.3 is 15.5 Å². The fourth-order valence-electron chi connectivity index (χ4n) is 1.86. The lowest BCUT2D eigenvalue weighted by Crippen LogP contribution is -2.36. The Hall–Kier alpha value is -0.120. The smallest absolute Gasteiger partial charge is 0.0693 e. The third kappa shape index (κ3) is 4.07. The van der Waals surface area contributed by atoms with Crippen molar-refractivity contribution in [1.29, 1.82) is 0 Å². The van der Waals surface area contributed by atoms with Crippen molar-refractivity contribution in [3.8, 4) is 0 Å².